The fourth-order valence-electron chi connectivity index (χ4n) is 2.84. The molecule has 0 bridgehead atoms. The zero-order chi connectivity index (χ0) is 23.8. The number of nitrogens with one attached hydrogen (secondary N) is 2. The van der Waals surface area contributed by atoms with Crippen LogP contribution in [0.1, 0.15) is 42.2 Å². The Labute approximate surface area is 181 Å². The van der Waals surface area contributed by atoms with Crippen LogP contribution in [-0.2, 0) is 14.3 Å². The van der Waals surface area contributed by atoms with Gasteiger partial charge < -0.3 is 15.4 Å². The van der Waals surface area contributed by atoms with Crippen LogP contribution in [0.25, 0.3) is 0 Å². The van der Waals surface area contributed by atoms with Gasteiger partial charge in [0.1, 0.15) is 11.6 Å². The fourth-order valence-corrected chi connectivity index (χ4v) is 2.84. The van der Waals surface area contributed by atoms with E-state index in [0.717, 1.165) is 12.1 Å². The molecule has 2 N–H and O–H groups in total. The van der Waals surface area contributed by atoms with Gasteiger partial charge in [0.05, 0.1) is 41.2 Å². The van der Waals surface area contributed by atoms with Gasteiger partial charge in [0.2, 0.25) is 5.91 Å². The molecule has 0 saturated heterocycles. The zero-order valence-corrected chi connectivity index (χ0v) is 17.3. The molecule has 2 aromatic rings. The lowest BCUT2D eigenvalue weighted by atomic mass is 10.0. The highest BCUT2D eigenvalue weighted by Crippen LogP contribution is 2.27. The van der Waals surface area contributed by atoms with Crippen molar-refractivity contribution in [1.29, 1.82) is 0 Å². The number of esters is 1. The SMILES string of the molecule is CC(C)OC(=O)CC(NC(=O)CNC(=O)c1ccc(F)cc1F)c1ccccc1[N+](=O)[O-]. The number of rotatable bonds is 9. The molecule has 0 heterocycles. The highest BCUT2D eigenvalue weighted by molar-refractivity contribution is 5.96. The number of hydrogen-bond donors (Lipinski definition) is 2. The maximum absolute atomic E-state index is 13.7. The molecule has 0 radical (unpaired) electrons. The van der Waals surface area contributed by atoms with E-state index in [4.69, 9.17) is 4.74 Å². The normalized spacial score (nSPS) is 11.5. The molecule has 0 aliphatic heterocycles. The highest BCUT2D eigenvalue weighted by Gasteiger charge is 2.27. The van der Waals surface area contributed by atoms with Gasteiger partial charge in [0, 0.05) is 12.1 Å². The van der Waals surface area contributed by atoms with E-state index in [1.807, 2.05) is 0 Å². The Balaban J connectivity index is 2.14. The predicted molar refractivity (Wildman–Crippen MR) is 109 cm³/mol. The van der Waals surface area contributed by atoms with Gasteiger partial charge in [-0.2, -0.15) is 0 Å². The molecule has 2 aromatic carbocycles. The lowest BCUT2D eigenvalue weighted by Crippen LogP contribution is -2.39. The van der Waals surface area contributed by atoms with E-state index in [9.17, 15) is 33.3 Å². The molecule has 0 aliphatic rings. The van der Waals surface area contributed by atoms with Gasteiger partial charge >= 0.3 is 5.97 Å². The predicted octanol–water partition coefficient (Wildman–Crippen LogP) is 2.80. The van der Waals surface area contributed by atoms with Crippen LogP contribution in [0.15, 0.2) is 42.5 Å². The summed E-state index contributed by atoms with van der Waals surface area (Å²) in [7, 11) is 0. The summed E-state index contributed by atoms with van der Waals surface area (Å²) in [5, 5.41) is 16.0. The van der Waals surface area contributed by atoms with Crippen LogP contribution in [-0.4, -0.2) is 35.4 Å². The van der Waals surface area contributed by atoms with Crippen LogP contribution < -0.4 is 10.6 Å². The first kappa shape index (κ1) is 24.4. The third-order valence-electron chi connectivity index (χ3n) is 4.17. The monoisotopic (exact) mass is 449 g/mol. The molecule has 170 valence electrons. The third-order valence-corrected chi connectivity index (χ3v) is 4.17. The Morgan fingerprint density at radius 1 is 1.12 bits per heavy atom. The van der Waals surface area contributed by atoms with Gasteiger partial charge in [0.25, 0.3) is 11.6 Å². The van der Waals surface area contributed by atoms with Gasteiger partial charge in [-0.15, -0.1) is 0 Å². The van der Waals surface area contributed by atoms with Crippen LogP contribution in [0.2, 0.25) is 0 Å². The Hall–Kier alpha value is -3.89. The molecule has 1 atom stereocenters. The van der Waals surface area contributed by atoms with E-state index in [0.29, 0.717) is 6.07 Å². The molecular weight excluding hydrogens is 428 g/mol. The molecule has 0 spiro atoms. The van der Waals surface area contributed by atoms with Crippen molar-refractivity contribution >= 4 is 23.5 Å². The molecule has 9 nitrogen and oxygen atoms in total. The Morgan fingerprint density at radius 2 is 1.81 bits per heavy atom. The average molecular weight is 449 g/mol. The summed E-state index contributed by atoms with van der Waals surface area (Å²) in [6, 6.07) is 6.78. The van der Waals surface area contributed by atoms with Crippen LogP contribution in [0.4, 0.5) is 14.5 Å². The van der Waals surface area contributed by atoms with Crippen LogP contribution in [0.3, 0.4) is 0 Å². The second-order valence-electron chi connectivity index (χ2n) is 6.99. The quantitative estimate of drug-likeness (QED) is 0.344. The van der Waals surface area contributed by atoms with E-state index in [2.05, 4.69) is 10.6 Å². The first-order valence-electron chi connectivity index (χ1n) is 9.54. The standard InChI is InChI=1S/C21H21F2N3O6/c1-12(2)32-20(28)10-17(15-5-3-4-6-18(15)26(30)31)25-19(27)11-24-21(29)14-8-7-13(22)9-16(14)23/h3-9,12,17H,10-11H2,1-2H3,(H,24,29)(H,25,27). The van der Waals surface area contributed by atoms with Crippen molar-refractivity contribution in [3.05, 3.63) is 75.3 Å². The first-order chi connectivity index (χ1) is 15.1. The molecule has 0 saturated carbocycles. The Bertz CT molecular complexity index is 1030. The minimum Gasteiger partial charge on any atom is -0.463 e. The number of para-hydroxylation sites is 1. The zero-order valence-electron chi connectivity index (χ0n) is 17.3. The lowest BCUT2D eigenvalue weighted by molar-refractivity contribution is -0.385. The maximum Gasteiger partial charge on any atom is 0.308 e. The van der Waals surface area contributed by atoms with Gasteiger partial charge in [-0.1, -0.05) is 18.2 Å². The Kier molecular flexibility index (Phi) is 8.33. The van der Waals surface area contributed by atoms with Crippen LogP contribution in [0, 0.1) is 21.7 Å². The minimum absolute atomic E-state index is 0.0717. The van der Waals surface area contributed by atoms with Gasteiger partial charge in [-0.3, -0.25) is 24.5 Å². The number of benzene rings is 2. The van der Waals surface area contributed by atoms with Gasteiger partial charge in [-0.25, -0.2) is 8.78 Å². The summed E-state index contributed by atoms with van der Waals surface area (Å²) < 4.78 is 31.7. The number of hydrogen-bond acceptors (Lipinski definition) is 6. The molecule has 11 heteroatoms. The van der Waals surface area contributed by atoms with Crippen molar-refractivity contribution in [2.24, 2.45) is 0 Å². The second-order valence-corrected chi connectivity index (χ2v) is 6.99. The minimum atomic E-state index is -1.12. The van der Waals surface area contributed by atoms with Crippen molar-refractivity contribution in [2.75, 3.05) is 6.54 Å². The van der Waals surface area contributed by atoms with Crippen molar-refractivity contribution in [3.8, 4) is 0 Å². The van der Waals surface area contributed by atoms with Gasteiger partial charge in [0.15, 0.2) is 0 Å². The van der Waals surface area contributed by atoms with E-state index < -0.39 is 65.0 Å². The molecule has 1 unspecified atom stereocenters. The van der Waals surface area contributed by atoms with E-state index in [1.54, 1.807) is 13.8 Å². The highest BCUT2D eigenvalue weighted by atomic mass is 19.1. The molecule has 0 aromatic heterocycles. The molecule has 32 heavy (non-hydrogen) atoms. The van der Waals surface area contributed by atoms with E-state index in [1.165, 1.54) is 24.3 Å². The molecule has 0 aliphatic carbocycles. The van der Waals surface area contributed by atoms with Gasteiger partial charge in [-0.05, 0) is 26.0 Å². The number of nitrogens with zero attached hydrogens (tertiary/aromatic N) is 1. The molecular formula is C21H21F2N3O6. The molecule has 2 rings (SSSR count). The summed E-state index contributed by atoms with van der Waals surface area (Å²) >= 11 is 0. The fraction of sp³-hybridized carbons (Fsp3) is 0.286. The first-order valence-corrected chi connectivity index (χ1v) is 9.54. The third kappa shape index (κ3) is 6.83. The average Bonchev–Trinajstić information content (AvgIpc) is 2.71. The number of ether oxygens (including phenoxy) is 1. The van der Waals surface area contributed by atoms with Crippen molar-refractivity contribution in [3.63, 3.8) is 0 Å². The maximum atomic E-state index is 13.7. The summed E-state index contributed by atoms with van der Waals surface area (Å²) in [4.78, 5) is 47.3. The number of nitro benzene ring substituents is 1. The van der Waals surface area contributed by atoms with Crippen LogP contribution in [0.5, 0.6) is 0 Å². The van der Waals surface area contributed by atoms with Crippen LogP contribution >= 0.6 is 0 Å². The largest absolute Gasteiger partial charge is 0.463 e. The summed E-state index contributed by atoms with van der Waals surface area (Å²) in [6.07, 6.45) is -0.829. The number of carbonyl (C=O) groups excluding carboxylic acids is 3. The molecule has 0 fully saturated rings. The van der Waals surface area contributed by atoms with E-state index >= 15 is 0 Å². The molecule has 2 amide bonds. The lowest BCUT2D eigenvalue weighted by Gasteiger charge is -2.19. The topological polar surface area (TPSA) is 128 Å². The summed E-state index contributed by atoms with van der Waals surface area (Å²) in [5.41, 5.74) is -0.704. The smallest absolute Gasteiger partial charge is 0.308 e. The number of halogens is 2. The number of nitro groups is 1. The van der Waals surface area contributed by atoms with Crippen molar-refractivity contribution in [2.45, 2.75) is 32.4 Å². The number of amides is 2. The van der Waals surface area contributed by atoms with Crippen molar-refractivity contribution in [1.82, 2.24) is 10.6 Å². The summed E-state index contributed by atoms with van der Waals surface area (Å²) in [5.74, 6) is -4.41. The second kappa shape index (κ2) is 10.9. The number of carbonyl (C=O) groups is 3. The Morgan fingerprint density at radius 3 is 2.44 bits per heavy atom. The van der Waals surface area contributed by atoms with E-state index in [-0.39, 0.29) is 11.3 Å². The van der Waals surface area contributed by atoms with Crippen molar-refractivity contribution < 1.29 is 32.8 Å². The summed E-state index contributed by atoms with van der Waals surface area (Å²) in [6.45, 7) is 2.63.